The molecular weight excluding hydrogens is 243 g/mol. The molecule has 0 saturated carbocycles. The Hall–Kier alpha value is -1.36. The molecule has 0 aromatic carbocycles. The highest BCUT2D eigenvalue weighted by atomic mass is 35.5. The molecule has 0 aliphatic heterocycles. The molecular formula is C10H7ClF3NO. The zero-order valence-corrected chi connectivity index (χ0v) is 8.72. The molecule has 0 aliphatic rings. The van der Waals surface area contributed by atoms with Gasteiger partial charge in [-0.25, -0.2) is 4.98 Å². The van der Waals surface area contributed by atoms with Crippen LogP contribution in [0, 0.1) is 0 Å². The Kier molecular flexibility index (Phi) is 4.06. The SMILES string of the molecule is O=CCC=Cc1cc(Cl)nc(C(F)(F)F)c1. The number of carbonyl (C=O) groups excluding carboxylic acids is 1. The molecule has 86 valence electrons. The third-order valence-electron chi connectivity index (χ3n) is 1.65. The fraction of sp³-hybridized carbons (Fsp3) is 0.200. The maximum absolute atomic E-state index is 12.3. The molecule has 1 aromatic heterocycles. The van der Waals surface area contributed by atoms with Crippen LogP contribution in [0.1, 0.15) is 17.7 Å². The average molecular weight is 250 g/mol. The van der Waals surface area contributed by atoms with Crippen molar-refractivity contribution < 1.29 is 18.0 Å². The molecule has 1 aromatic rings. The van der Waals surface area contributed by atoms with E-state index in [4.69, 9.17) is 11.6 Å². The lowest BCUT2D eigenvalue weighted by Gasteiger charge is -2.06. The fourth-order valence-corrected chi connectivity index (χ4v) is 1.23. The number of pyridine rings is 1. The van der Waals surface area contributed by atoms with Crippen LogP contribution in [-0.2, 0) is 11.0 Å². The number of nitrogens with zero attached hydrogens (tertiary/aromatic N) is 1. The highest BCUT2D eigenvalue weighted by molar-refractivity contribution is 6.29. The Labute approximate surface area is 94.7 Å². The Bertz CT molecular complexity index is 415. The van der Waals surface area contributed by atoms with Crippen molar-refractivity contribution in [2.24, 2.45) is 0 Å². The summed E-state index contributed by atoms with van der Waals surface area (Å²) in [6.07, 6.45) is -0.917. The van der Waals surface area contributed by atoms with Gasteiger partial charge in [-0.05, 0) is 17.7 Å². The van der Waals surface area contributed by atoms with E-state index in [0.717, 1.165) is 6.07 Å². The van der Waals surface area contributed by atoms with E-state index in [9.17, 15) is 18.0 Å². The minimum absolute atomic E-state index is 0.140. The first-order valence-corrected chi connectivity index (χ1v) is 4.66. The van der Waals surface area contributed by atoms with E-state index in [1.165, 1.54) is 18.2 Å². The number of hydrogen-bond donors (Lipinski definition) is 0. The molecule has 1 rings (SSSR count). The molecule has 0 unspecified atom stereocenters. The van der Waals surface area contributed by atoms with Gasteiger partial charge >= 0.3 is 6.18 Å². The van der Waals surface area contributed by atoms with Crippen molar-refractivity contribution in [3.05, 3.63) is 34.6 Å². The number of aromatic nitrogens is 1. The van der Waals surface area contributed by atoms with Crippen LogP contribution in [0.15, 0.2) is 18.2 Å². The summed E-state index contributed by atoms with van der Waals surface area (Å²) in [6, 6.07) is 2.16. The van der Waals surface area contributed by atoms with Crippen molar-refractivity contribution in [2.45, 2.75) is 12.6 Å². The summed E-state index contributed by atoms with van der Waals surface area (Å²) in [5.74, 6) is 0. The lowest BCUT2D eigenvalue weighted by Crippen LogP contribution is -2.08. The molecule has 0 bridgehead atoms. The summed E-state index contributed by atoms with van der Waals surface area (Å²) in [5.41, 5.74) is -0.792. The Morgan fingerprint density at radius 1 is 1.38 bits per heavy atom. The lowest BCUT2D eigenvalue weighted by atomic mass is 10.2. The molecule has 0 atom stereocenters. The molecule has 6 heteroatoms. The second-order valence-electron chi connectivity index (χ2n) is 2.91. The van der Waals surface area contributed by atoms with Gasteiger partial charge in [0.2, 0.25) is 0 Å². The minimum Gasteiger partial charge on any atom is -0.303 e. The zero-order chi connectivity index (χ0) is 12.2. The Morgan fingerprint density at radius 2 is 2.06 bits per heavy atom. The van der Waals surface area contributed by atoms with Gasteiger partial charge in [0.15, 0.2) is 0 Å². The molecule has 0 spiro atoms. The van der Waals surface area contributed by atoms with Gasteiger partial charge in [-0.1, -0.05) is 23.8 Å². The van der Waals surface area contributed by atoms with Gasteiger partial charge in [0, 0.05) is 6.42 Å². The van der Waals surface area contributed by atoms with E-state index >= 15 is 0 Å². The van der Waals surface area contributed by atoms with Gasteiger partial charge in [0.25, 0.3) is 0 Å². The number of carbonyl (C=O) groups is 1. The normalized spacial score (nSPS) is 12.0. The maximum Gasteiger partial charge on any atom is 0.433 e. The first-order valence-electron chi connectivity index (χ1n) is 4.28. The molecule has 0 amide bonds. The summed E-state index contributed by atoms with van der Waals surface area (Å²) < 4.78 is 37.0. The van der Waals surface area contributed by atoms with Crippen molar-refractivity contribution in [1.82, 2.24) is 4.98 Å². The predicted octanol–water partition coefficient (Wildman–Crippen LogP) is 3.36. The van der Waals surface area contributed by atoms with Gasteiger partial charge in [-0.15, -0.1) is 0 Å². The highest BCUT2D eigenvalue weighted by Crippen LogP contribution is 2.29. The van der Waals surface area contributed by atoms with Crippen molar-refractivity contribution in [3.63, 3.8) is 0 Å². The van der Waals surface area contributed by atoms with Gasteiger partial charge in [-0.2, -0.15) is 13.2 Å². The molecule has 1 heterocycles. The first kappa shape index (κ1) is 12.7. The van der Waals surface area contributed by atoms with Crippen LogP contribution in [0.25, 0.3) is 6.08 Å². The van der Waals surface area contributed by atoms with E-state index in [2.05, 4.69) is 4.98 Å². The van der Waals surface area contributed by atoms with Crippen molar-refractivity contribution >= 4 is 24.0 Å². The highest BCUT2D eigenvalue weighted by Gasteiger charge is 2.32. The average Bonchev–Trinajstić information content (AvgIpc) is 2.16. The predicted molar refractivity (Wildman–Crippen MR) is 54.0 cm³/mol. The van der Waals surface area contributed by atoms with Crippen molar-refractivity contribution in [3.8, 4) is 0 Å². The molecule has 0 N–H and O–H groups in total. The monoisotopic (exact) mass is 249 g/mol. The van der Waals surface area contributed by atoms with Crippen LogP contribution in [-0.4, -0.2) is 11.3 Å². The standard InChI is InChI=1S/C10H7ClF3NO/c11-9-6-7(3-1-2-4-16)5-8(15-9)10(12,13)14/h1,3-6H,2H2. The van der Waals surface area contributed by atoms with E-state index < -0.39 is 11.9 Å². The van der Waals surface area contributed by atoms with Crippen LogP contribution < -0.4 is 0 Å². The topological polar surface area (TPSA) is 30.0 Å². The van der Waals surface area contributed by atoms with Crippen LogP contribution >= 0.6 is 11.6 Å². The van der Waals surface area contributed by atoms with Crippen LogP contribution in [0.2, 0.25) is 5.15 Å². The number of hydrogen-bond acceptors (Lipinski definition) is 2. The van der Waals surface area contributed by atoms with E-state index in [1.807, 2.05) is 0 Å². The molecule has 0 saturated heterocycles. The van der Waals surface area contributed by atoms with Gasteiger partial charge in [-0.3, -0.25) is 0 Å². The summed E-state index contributed by atoms with van der Waals surface area (Å²) >= 11 is 5.45. The zero-order valence-electron chi connectivity index (χ0n) is 7.96. The summed E-state index contributed by atoms with van der Waals surface area (Å²) in [4.78, 5) is 13.2. The van der Waals surface area contributed by atoms with Crippen molar-refractivity contribution in [2.75, 3.05) is 0 Å². The molecule has 0 radical (unpaired) electrons. The summed E-state index contributed by atoms with van der Waals surface area (Å²) in [7, 11) is 0. The van der Waals surface area contributed by atoms with Crippen molar-refractivity contribution in [1.29, 1.82) is 0 Å². The number of allylic oxidation sites excluding steroid dienone is 1. The Morgan fingerprint density at radius 3 is 2.62 bits per heavy atom. The smallest absolute Gasteiger partial charge is 0.303 e. The molecule has 0 fully saturated rings. The molecule has 0 aliphatic carbocycles. The molecule has 2 nitrogen and oxygen atoms in total. The van der Waals surface area contributed by atoms with Gasteiger partial charge in [0.05, 0.1) is 0 Å². The quantitative estimate of drug-likeness (QED) is 0.607. The van der Waals surface area contributed by atoms with E-state index in [1.54, 1.807) is 0 Å². The number of rotatable bonds is 3. The maximum atomic E-state index is 12.3. The number of halogens is 4. The molecule has 16 heavy (non-hydrogen) atoms. The second-order valence-corrected chi connectivity index (χ2v) is 3.30. The first-order chi connectivity index (χ1) is 7.43. The van der Waals surface area contributed by atoms with Gasteiger partial charge in [0.1, 0.15) is 17.1 Å². The second kappa shape index (κ2) is 5.12. The number of aldehydes is 1. The Balaban J connectivity index is 3.03. The van der Waals surface area contributed by atoms with Crippen LogP contribution in [0.3, 0.4) is 0 Å². The third kappa shape index (κ3) is 3.66. The third-order valence-corrected chi connectivity index (χ3v) is 1.84. The lowest BCUT2D eigenvalue weighted by molar-refractivity contribution is -0.141. The number of alkyl halides is 3. The van der Waals surface area contributed by atoms with E-state index in [0.29, 0.717) is 6.29 Å². The minimum atomic E-state index is -4.53. The largest absolute Gasteiger partial charge is 0.433 e. The summed E-state index contributed by atoms with van der Waals surface area (Å²) in [6.45, 7) is 0. The van der Waals surface area contributed by atoms with Crippen LogP contribution in [0.4, 0.5) is 13.2 Å². The van der Waals surface area contributed by atoms with Gasteiger partial charge < -0.3 is 4.79 Å². The summed E-state index contributed by atoms with van der Waals surface area (Å²) in [5, 5.41) is -0.236. The van der Waals surface area contributed by atoms with Crippen LogP contribution in [0.5, 0.6) is 0 Å². The fourth-order valence-electron chi connectivity index (χ4n) is 1.02. The van der Waals surface area contributed by atoms with E-state index in [-0.39, 0.29) is 17.1 Å².